The number of fused-ring (bicyclic) bond motifs is 1. The number of benzene rings is 2. The molecule has 0 atom stereocenters. The standard InChI is InChI=1S/C21H19ClN2OS/c22-16-3-1-2-15(10-16)20-11-18-19(12-23-13-21(18)26-20)24-17-6-4-14(5-7-17)8-9-25/h1-7,10-12,23-25H,8-9,13H2. The van der Waals surface area contributed by atoms with Gasteiger partial charge in [-0.3, -0.25) is 0 Å². The highest BCUT2D eigenvalue weighted by molar-refractivity contribution is 7.15. The molecule has 1 aliphatic rings. The van der Waals surface area contributed by atoms with Crippen LogP contribution in [-0.2, 0) is 13.0 Å². The molecule has 3 nitrogen and oxygen atoms in total. The number of hydrogen-bond acceptors (Lipinski definition) is 4. The van der Waals surface area contributed by atoms with Crippen molar-refractivity contribution in [2.45, 2.75) is 13.0 Å². The summed E-state index contributed by atoms with van der Waals surface area (Å²) in [5, 5.41) is 16.6. The van der Waals surface area contributed by atoms with Crippen LogP contribution in [0.25, 0.3) is 16.1 Å². The van der Waals surface area contributed by atoms with Crippen LogP contribution >= 0.6 is 22.9 Å². The summed E-state index contributed by atoms with van der Waals surface area (Å²) in [6.07, 6.45) is 2.71. The molecule has 0 unspecified atom stereocenters. The molecule has 0 radical (unpaired) electrons. The largest absolute Gasteiger partial charge is 0.396 e. The topological polar surface area (TPSA) is 44.3 Å². The molecule has 0 saturated heterocycles. The molecule has 1 aromatic heterocycles. The second-order valence-corrected chi connectivity index (χ2v) is 7.77. The zero-order valence-corrected chi connectivity index (χ0v) is 15.7. The van der Waals surface area contributed by atoms with Gasteiger partial charge in [-0.15, -0.1) is 11.3 Å². The molecular formula is C21H19ClN2OS. The Morgan fingerprint density at radius 3 is 2.73 bits per heavy atom. The van der Waals surface area contributed by atoms with Crippen molar-refractivity contribution in [1.82, 2.24) is 5.32 Å². The third-order valence-corrected chi connectivity index (χ3v) is 5.77. The fourth-order valence-electron chi connectivity index (χ4n) is 3.04. The van der Waals surface area contributed by atoms with Gasteiger partial charge < -0.3 is 15.7 Å². The summed E-state index contributed by atoms with van der Waals surface area (Å²) >= 11 is 7.94. The Bertz CT molecular complexity index is 947. The van der Waals surface area contributed by atoms with E-state index in [0.717, 1.165) is 34.1 Å². The molecule has 0 amide bonds. The summed E-state index contributed by atoms with van der Waals surface area (Å²) in [5.41, 5.74) is 5.59. The fraction of sp³-hybridized carbons (Fsp3) is 0.143. The summed E-state index contributed by atoms with van der Waals surface area (Å²) in [7, 11) is 0. The number of aliphatic hydroxyl groups excluding tert-OH is 1. The molecule has 26 heavy (non-hydrogen) atoms. The molecule has 132 valence electrons. The van der Waals surface area contributed by atoms with Gasteiger partial charge in [-0.1, -0.05) is 35.9 Å². The molecule has 0 fully saturated rings. The van der Waals surface area contributed by atoms with Gasteiger partial charge in [-0.05, 0) is 47.9 Å². The Morgan fingerprint density at radius 1 is 1.12 bits per heavy atom. The molecule has 0 saturated carbocycles. The zero-order chi connectivity index (χ0) is 17.9. The first-order valence-electron chi connectivity index (χ1n) is 8.52. The van der Waals surface area contributed by atoms with Crippen LogP contribution in [0.2, 0.25) is 5.02 Å². The maximum absolute atomic E-state index is 9.03. The molecule has 3 aromatic rings. The second-order valence-electron chi connectivity index (χ2n) is 6.19. The van der Waals surface area contributed by atoms with Crippen LogP contribution in [0.15, 0.2) is 60.8 Å². The first-order chi connectivity index (χ1) is 12.7. The molecule has 1 aliphatic heterocycles. The van der Waals surface area contributed by atoms with Gasteiger partial charge in [-0.25, -0.2) is 0 Å². The Labute approximate surface area is 162 Å². The summed E-state index contributed by atoms with van der Waals surface area (Å²) in [6.45, 7) is 1.01. The highest BCUT2D eigenvalue weighted by Crippen LogP contribution is 2.37. The third kappa shape index (κ3) is 3.63. The average molecular weight is 383 g/mol. The lowest BCUT2D eigenvalue weighted by molar-refractivity contribution is 0.299. The Balaban J connectivity index is 1.59. The molecular weight excluding hydrogens is 364 g/mol. The van der Waals surface area contributed by atoms with Crippen molar-refractivity contribution in [1.29, 1.82) is 0 Å². The lowest BCUT2D eigenvalue weighted by atomic mass is 10.1. The van der Waals surface area contributed by atoms with Crippen LogP contribution in [0.1, 0.15) is 16.0 Å². The number of thiophene rings is 1. The number of anilines is 1. The van der Waals surface area contributed by atoms with Crippen LogP contribution in [0.5, 0.6) is 0 Å². The van der Waals surface area contributed by atoms with Crippen LogP contribution < -0.4 is 10.6 Å². The summed E-state index contributed by atoms with van der Waals surface area (Å²) in [5.74, 6) is 0. The molecule has 5 heteroatoms. The Hall–Kier alpha value is -2.27. The van der Waals surface area contributed by atoms with E-state index in [0.29, 0.717) is 6.42 Å². The Kier molecular flexibility index (Phi) is 4.98. The van der Waals surface area contributed by atoms with Crippen molar-refractivity contribution in [3.8, 4) is 10.4 Å². The van der Waals surface area contributed by atoms with E-state index in [4.69, 9.17) is 16.7 Å². The highest BCUT2D eigenvalue weighted by atomic mass is 35.5. The van der Waals surface area contributed by atoms with E-state index in [-0.39, 0.29) is 6.61 Å². The lowest BCUT2D eigenvalue weighted by Crippen LogP contribution is -2.14. The summed E-state index contributed by atoms with van der Waals surface area (Å²) < 4.78 is 0. The number of hydrogen-bond donors (Lipinski definition) is 3. The number of rotatable bonds is 5. The fourth-order valence-corrected chi connectivity index (χ4v) is 4.35. The highest BCUT2D eigenvalue weighted by Gasteiger charge is 2.17. The maximum atomic E-state index is 9.03. The molecule has 3 N–H and O–H groups in total. The van der Waals surface area contributed by atoms with Gasteiger partial charge in [0.15, 0.2) is 0 Å². The predicted octanol–water partition coefficient (Wildman–Crippen LogP) is 5.12. The van der Waals surface area contributed by atoms with Gasteiger partial charge in [0.1, 0.15) is 0 Å². The van der Waals surface area contributed by atoms with E-state index in [9.17, 15) is 0 Å². The molecule has 2 heterocycles. The minimum absolute atomic E-state index is 0.173. The van der Waals surface area contributed by atoms with Crippen molar-refractivity contribution < 1.29 is 5.11 Å². The van der Waals surface area contributed by atoms with Crippen LogP contribution in [0, 0.1) is 0 Å². The number of aliphatic hydroxyl groups is 1. The van der Waals surface area contributed by atoms with Crippen LogP contribution in [0.3, 0.4) is 0 Å². The first kappa shape index (κ1) is 17.2. The summed E-state index contributed by atoms with van der Waals surface area (Å²) in [4.78, 5) is 2.52. The third-order valence-electron chi connectivity index (χ3n) is 4.35. The average Bonchev–Trinajstić information content (AvgIpc) is 3.09. The molecule has 0 bridgehead atoms. The van der Waals surface area contributed by atoms with E-state index in [1.165, 1.54) is 15.3 Å². The molecule has 2 aromatic carbocycles. The van der Waals surface area contributed by atoms with Gasteiger partial charge >= 0.3 is 0 Å². The van der Waals surface area contributed by atoms with Gasteiger partial charge in [0, 0.05) is 45.4 Å². The van der Waals surface area contributed by atoms with Crippen molar-refractivity contribution >= 4 is 34.3 Å². The Morgan fingerprint density at radius 2 is 1.96 bits per heavy atom. The van der Waals surface area contributed by atoms with Crippen molar-refractivity contribution in [2.24, 2.45) is 0 Å². The first-order valence-corrected chi connectivity index (χ1v) is 9.72. The van der Waals surface area contributed by atoms with Gasteiger partial charge in [0.2, 0.25) is 0 Å². The maximum Gasteiger partial charge on any atom is 0.0629 e. The van der Waals surface area contributed by atoms with Crippen LogP contribution in [-0.4, -0.2) is 11.7 Å². The normalized spacial score (nSPS) is 12.9. The van der Waals surface area contributed by atoms with Gasteiger partial charge in [0.05, 0.1) is 5.70 Å². The zero-order valence-electron chi connectivity index (χ0n) is 14.1. The van der Waals surface area contributed by atoms with E-state index < -0.39 is 0 Å². The minimum Gasteiger partial charge on any atom is -0.396 e. The molecule has 4 rings (SSSR count). The second kappa shape index (κ2) is 7.54. The van der Waals surface area contributed by atoms with E-state index in [2.05, 4.69) is 22.8 Å². The number of nitrogens with one attached hydrogen (secondary N) is 2. The number of halogens is 1. The predicted molar refractivity (Wildman–Crippen MR) is 110 cm³/mol. The van der Waals surface area contributed by atoms with E-state index in [1.54, 1.807) is 11.3 Å². The van der Waals surface area contributed by atoms with Gasteiger partial charge in [-0.2, -0.15) is 0 Å². The van der Waals surface area contributed by atoms with Crippen molar-refractivity contribution in [2.75, 3.05) is 11.9 Å². The minimum atomic E-state index is 0.173. The molecule has 0 spiro atoms. The van der Waals surface area contributed by atoms with Crippen molar-refractivity contribution in [3.63, 3.8) is 0 Å². The van der Waals surface area contributed by atoms with Crippen molar-refractivity contribution in [3.05, 3.63) is 81.8 Å². The van der Waals surface area contributed by atoms with Gasteiger partial charge in [0.25, 0.3) is 0 Å². The summed E-state index contributed by atoms with van der Waals surface area (Å²) in [6, 6.07) is 18.4. The van der Waals surface area contributed by atoms with Crippen LogP contribution in [0.4, 0.5) is 5.69 Å². The van der Waals surface area contributed by atoms with E-state index >= 15 is 0 Å². The molecule has 0 aliphatic carbocycles. The lowest BCUT2D eigenvalue weighted by Gasteiger charge is -2.17. The quantitative estimate of drug-likeness (QED) is 0.574. The monoisotopic (exact) mass is 382 g/mol. The smallest absolute Gasteiger partial charge is 0.0629 e. The SMILES string of the molecule is OCCc1ccc(NC2=CNCc3sc(-c4cccc(Cl)c4)cc32)cc1. The van der Waals surface area contributed by atoms with E-state index in [1.807, 2.05) is 48.7 Å².